The largest absolute Gasteiger partial charge is 0.389 e. The van der Waals surface area contributed by atoms with E-state index in [1.165, 1.54) is 0 Å². The van der Waals surface area contributed by atoms with Crippen molar-refractivity contribution in [1.29, 1.82) is 10.5 Å². The molecule has 0 saturated carbocycles. The molecule has 0 N–H and O–H groups in total. The van der Waals surface area contributed by atoms with Crippen molar-refractivity contribution in [3.8, 4) is 12.1 Å². The van der Waals surface area contributed by atoms with Crippen LogP contribution in [0.15, 0.2) is 0 Å². The van der Waals surface area contributed by atoms with Gasteiger partial charge in [-0.1, -0.05) is 15.9 Å². The Morgan fingerprint density at radius 2 is 1.50 bits per heavy atom. The van der Waals surface area contributed by atoms with Crippen LogP contribution in [-0.4, -0.2) is 11.5 Å². The van der Waals surface area contributed by atoms with Gasteiger partial charge in [0.25, 0.3) is 0 Å². The van der Waals surface area contributed by atoms with Gasteiger partial charge >= 0.3 is 6.18 Å². The zero-order valence-electron chi connectivity index (χ0n) is 7.23. The first-order chi connectivity index (χ1) is 6.39. The van der Waals surface area contributed by atoms with Crippen LogP contribution in [0.5, 0.6) is 0 Å². The average molecular weight is 269 g/mol. The van der Waals surface area contributed by atoms with E-state index in [4.69, 9.17) is 10.5 Å². The predicted molar refractivity (Wildman–Crippen MR) is 47.4 cm³/mol. The topological polar surface area (TPSA) is 47.6 Å². The fourth-order valence-electron chi connectivity index (χ4n) is 0.890. The standard InChI is InChI=1S/C8H8BrF3N2/c9-4-3-7(5-13,6-14)1-2-8(10,11)12/h1-4H2. The fraction of sp³-hybridized carbons (Fsp3) is 0.750. The van der Waals surface area contributed by atoms with Crippen LogP contribution in [0.2, 0.25) is 0 Å². The second-order valence-electron chi connectivity index (χ2n) is 2.86. The third-order valence-corrected chi connectivity index (χ3v) is 2.18. The van der Waals surface area contributed by atoms with E-state index >= 15 is 0 Å². The number of hydrogen-bond donors (Lipinski definition) is 0. The molecule has 0 aliphatic rings. The summed E-state index contributed by atoms with van der Waals surface area (Å²) in [6.45, 7) is 0. The van der Waals surface area contributed by atoms with E-state index in [-0.39, 0.29) is 6.42 Å². The SMILES string of the molecule is N#CC(C#N)(CCBr)CCC(F)(F)F. The second kappa shape index (κ2) is 5.21. The minimum Gasteiger partial charge on any atom is -0.197 e. The van der Waals surface area contributed by atoms with Crippen LogP contribution in [0.1, 0.15) is 19.3 Å². The summed E-state index contributed by atoms with van der Waals surface area (Å²) in [5.41, 5.74) is -1.51. The summed E-state index contributed by atoms with van der Waals surface area (Å²) in [7, 11) is 0. The lowest BCUT2D eigenvalue weighted by molar-refractivity contribution is -0.138. The van der Waals surface area contributed by atoms with E-state index in [0.29, 0.717) is 5.33 Å². The Hall–Kier alpha value is -0.750. The molecule has 0 atom stereocenters. The van der Waals surface area contributed by atoms with Gasteiger partial charge in [0.2, 0.25) is 0 Å². The van der Waals surface area contributed by atoms with Crippen LogP contribution in [0.3, 0.4) is 0 Å². The smallest absolute Gasteiger partial charge is 0.197 e. The molecule has 0 saturated heterocycles. The quantitative estimate of drug-likeness (QED) is 0.736. The zero-order chi connectivity index (χ0) is 11.2. The highest BCUT2D eigenvalue weighted by Crippen LogP contribution is 2.33. The highest BCUT2D eigenvalue weighted by Gasteiger charge is 2.36. The number of nitrogens with zero attached hydrogens (tertiary/aromatic N) is 2. The van der Waals surface area contributed by atoms with Gasteiger partial charge in [0.1, 0.15) is 5.41 Å². The maximum atomic E-state index is 11.9. The van der Waals surface area contributed by atoms with Gasteiger partial charge in [-0.2, -0.15) is 23.7 Å². The Balaban J connectivity index is 4.41. The van der Waals surface area contributed by atoms with Gasteiger partial charge in [0, 0.05) is 11.8 Å². The van der Waals surface area contributed by atoms with Crippen LogP contribution in [0.4, 0.5) is 13.2 Å². The number of alkyl halides is 4. The van der Waals surface area contributed by atoms with Crippen LogP contribution >= 0.6 is 15.9 Å². The second-order valence-corrected chi connectivity index (χ2v) is 3.65. The van der Waals surface area contributed by atoms with Gasteiger partial charge in [0.05, 0.1) is 12.1 Å². The van der Waals surface area contributed by atoms with Gasteiger partial charge in [-0.05, 0) is 12.8 Å². The molecule has 0 heterocycles. The molecule has 0 aromatic carbocycles. The predicted octanol–water partition coefficient (Wildman–Crippen LogP) is 3.15. The van der Waals surface area contributed by atoms with E-state index in [2.05, 4.69) is 15.9 Å². The van der Waals surface area contributed by atoms with Crippen LogP contribution in [0, 0.1) is 28.1 Å². The molecule has 0 unspecified atom stereocenters. The Morgan fingerprint density at radius 1 is 1.00 bits per heavy atom. The molecular formula is C8H8BrF3N2. The van der Waals surface area contributed by atoms with Gasteiger partial charge in [-0.25, -0.2) is 0 Å². The molecule has 0 bridgehead atoms. The summed E-state index contributed by atoms with van der Waals surface area (Å²) >= 11 is 3.00. The lowest BCUT2D eigenvalue weighted by Crippen LogP contribution is -2.20. The summed E-state index contributed by atoms with van der Waals surface area (Å²) in [4.78, 5) is 0. The normalized spacial score (nSPS) is 11.9. The molecule has 78 valence electrons. The van der Waals surface area contributed by atoms with Gasteiger partial charge in [-0.3, -0.25) is 0 Å². The van der Waals surface area contributed by atoms with Crippen LogP contribution in [0.25, 0.3) is 0 Å². The minimum absolute atomic E-state index is 0.107. The summed E-state index contributed by atoms with van der Waals surface area (Å²) in [5, 5.41) is 17.6. The highest BCUT2D eigenvalue weighted by molar-refractivity contribution is 9.09. The van der Waals surface area contributed by atoms with Crippen molar-refractivity contribution in [3.05, 3.63) is 0 Å². The van der Waals surface area contributed by atoms with Crippen molar-refractivity contribution in [2.45, 2.75) is 25.4 Å². The maximum Gasteiger partial charge on any atom is 0.389 e. The first kappa shape index (κ1) is 13.2. The first-order valence-electron chi connectivity index (χ1n) is 3.84. The number of nitriles is 2. The molecule has 0 aliphatic carbocycles. The van der Waals surface area contributed by atoms with E-state index in [1.54, 1.807) is 12.1 Å². The van der Waals surface area contributed by atoms with Crippen molar-refractivity contribution in [1.82, 2.24) is 0 Å². The fourth-order valence-corrected chi connectivity index (χ4v) is 1.57. The lowest BCUT2D eigenvalue weighted by atomic mass is 9.84. The van der Waals surface area contributed by atoms with Crippen molar-refractivity contribution >= 4 is 15.9 Å². The van der Waals surface area contributed by atoms with Crippen LogP contribution in [-0.2, 0) is 0 Å². The molecule has 6 heteroatoms. The lowest BCUT2D eigenvalue weighted by Gasteiger charge is -2.17. The monoisotopic (exact) mass is 268 g/mol. The molecule has 0 aromatic heterocycles. The molecular weight excluding hydrogens is 261 g/mol. The van der Waals surface area contributed by atoms with Crippen molar-refractivity contribution in [2.24, 2.45) is 5.41 Å². The number of rotatable bonds is 4. The number of hydrogen-bond acceptors (Lipinski definition) is 2. The summed E-state index contributed by atoms with van der Waals surface area (Å²) in [6, 6.07) is 3.30. The Morgan fingerprint density at radius 3 is 1.79 bits per heavy atom. The van der Waals surface area contributed by atoms with E-state index in [0.717, 1.165) is 0 Å². The zero-order valence-corrected chi connectivity index (χ0v) is 8.82. The highest BCUT2D eigenvalue weighted by atomic mass is 79.9. The average Bonchev–Trinajstić information content (AvgIpc) is 2.11. The third kappa shape index (κ3) is 4.48. The summed E-state index contributed by atoms with van der Waals surface area (Å²) in [6.07, 6.45) is -5.77. The molecule has 0 radical (unpaired) electrons. The molecule has 0 fully saturated rings. The van der Waals surface area contributed by atoms with Crippen molar-refractivity contribution in [3.63, 3.8) is 0 Å². The Kier molecular flexibility index (Phi) is 4.93. The van der Waals surface area contributed by atoms with E-state index in [1.807, 2.05) is 0 Å². The minimum atomic E-state index is -4.31. The summed E-state index contributed by atoms with van der Waals surface area (Å²) < 4.78 is 35.6. The molecule has 0 aliphatic heterocycles. The van der Waals surface area contributed by atoms with Gasteiger partial charge in [0.15, 0.2) is 0 Å². The molecule has 2 nitrogen and oxygen atoms in total. The number of halogens is 4. The molecule has 0 amide bonds. The van der Waals surface area contributed by atoms with E-state index < -0.39 is 24.4 Å². The first-order valence-corrected chi connectivity index (χ1v) is 4.96. The third-order valence-electron chi connectivity index (χ3n) is 1.78. The van der Waals surface area contributed by atoms with E-state index in [9.17, 15) is 13.2 Å². The van der Waals surface area contributed by atoms with Crippen molar-refractivity contribution < 1.29 is 13.2 Å². The Bertz CT molecular complexity index is 247. The molecule has 14 heavy (non-hydrogen) atoms. The van der Waals surface area contributed by atoms with Crippen LogP contribution < -0.4 is 0 Å². The van der Waals surface area contributed by atoms with Gasteiger partial charge < -0.3 is 0 Å². The molecule has 0 aromatic rings. The molecule has 0 rings (SSSR count). The Labute approximate surface area is 88.4 Å². The van der Waals surface area contributed by atoms with Crippen molar-refractivity contribution in [2.75, 3.05) is 5.33 Å². The van der Waals surface area contributed by atoms with Gasteiger partial charge in [-0.15, -0.1) is 0 Å². The summed E-state index contributed by atoms with van der Waals surface area (Å²) in [5.74, 6) is 0. The molecule has 0 spiro atoms. The maximum absolute atomic E-state index is 11.9.